The number of phenols is 1. The van der Waals surface area contributed by atoms with Gasteiger partial charge >= 0.3 is 6.09 Å². The average Bonchev–Trinajstić information content (AvgIpc) is 2.65. The van der Waals surface area contributed by atoms with E-state index in [2.05, 4.69) is 29.8 Å². The maximum atomic E-state index is 13.5. The summed E-state index contributed by atoms with van der Waals surface area (Å²) in [5.41, 5.74) is -0.515. The van der Waals surface area contributed by atoms with Crippen LogP contribution in [-0.2, 0) is 14.3 Å². The van der Waals surface area contributed by atoms with Crippen LogP contribution >= 0.6 is 12.6 Å². The van der Waals surface area contributed by atoms with Crippen molar-refractivity contribution < 1.29 is 24.2 Å². The molecule has 0 aromatic heterocycles. The zero-order chi connectivity index (χ0) is 25.6. The van der Waals surface area contributed by atoms with Gasteiger partial charge in [0.2, 0.25) is 11.8 Å². The first-order chi connectivity index (χ1) is 15.1. The van der Waals surface area contributed by atoms with Crippen LogP contribution in [0.5, 0.6) is 5.75 Å². The molecule has 1 rings (SSSR count). The second-order valence-electron chi connectivity index (χ2n) is 9.82. The lowest BCUT2D eigenvalue weighted by atomic mass is 9.98. The van der Waals surface area contributed by atoms with Crippen molar-refractivity contribution in [2.75, 3.05) is 12.3 Å². The van der Waals surface area contributed by atoms with E-state index in [1.54, 1.807) is 45.9 Å². The van der Waals surface area contributed by atoms with Gasteiger partial charge in [-0.3, -0.25) is 9.59 Å². The predicted molar refractivity (Wildman–Crippen MR) is 132 cm³/mol. The quantitative estimate of drug-likeness (QED) is 0.337. The maximum absolute atomic E-state index is 13.5. The zero-order valence-corrected chi connectivity index (χ0v) is 21.5. The number of hydrogen-bond donors (Lipinski definition) is 4. The first-order valence-electron chi connectivity index (χ1n) is 10.7. The van der Waals surface area contributed by atoms with Gasteiger partial charge in [-0.1, -0.05) is 24.3 Å². The number of nitrogens with zero attached hydrogens (tertiary/aromatic N) is 1. The van der Waals surface area contributed by atoms with E-state index in [1.807, 2.05) is 20.8 Å². The molecule has 0 saturated carbocycles. The molecule has 0 spiro atoms. The van der Waals surface area contributed by atoms with Crippen LogP contribution < -0.4 is 10.6 Å². The Balaban J connectivity index is 3.46. The largest absolute Gasteiger partial charge is 0.507 e. The topological polar surface area (TPSA) is 108 Å². The van der Waals surface area contributed by atoms with Crippen LogP contribution in [0.4, 0.5) is 4.79 Å². The van der Waals surface area contributed by atoms with Gasteiger partial charge in [-0.2, -0.15) is 12.6 Å². The molecule has 0 fully saturated rings. The molecule has 0 aliphatic carbocycles. The molecule has 2 unspecified atom stereocenters. The van der Waals surface area contributed by atoms with E-state index in [0.717, 1.165) is 0 Å². The third kappa shape index (κ3) is 8.64. The molecule has 33 heavy (non-hydrogen) atoms. The fourth-order valence-electron chi connectivity index (χ4n) is 3.09. The van der Waals surface area contributed by atoms with Gasteiger partial charge in [0, 0.05) is 23.4 Å². The number of phenolic OH excluding ortho intramolecular Hbond substituents is 1. The van der Waals surface area contributed by atoms with Gasteiger partial charge in [0.05, 0.1) is 0 Å². The molecule has 8 nitrogen and oxygen atoms in total. The summed E-state index contributed by atoms with van der Waals surface area (Å²) in [6.45, 7) is 16.0. The molecule has 1 aromatic carbocycles. The van der Waals surface area contributed by atoms with Gasteiger partial charge in [-0.05, 0) is 54.0 Å². The van der Waals surface area contributed by atoms with Crippen molar-refractivity contribution in [3.8, 4) is 5.75 Å². The highest BCUT2D eigenvalue weighted by Crippen LogP contribution is 2.32. The monoisotopic (exact) mass is 479 g/mol. The third-order valence-electron chi connectivity index (χ3n) is 4.40. The Morgan fingerprint density at radius 3 is 2.30 bits per heavy atom. The van der Waals surface area contributed by atoms with Crippen LogP contribution in [0.15, 0.2) is 30.9 Å². The normalized spacial score (nSPS) is 13.5. The van der Waals surface area contributed by atoms with Crippen molar-refractivity contribution in [3.05, 3.63) is 42.0 Å². The Labute approximate surface area is 202 Å². The molecule has 9 heteroatoms. The number of ether oxygens (including phenoxy) is 1. The Kier molecular flexibility index (Phi) is 9.84. The van der Waals surface area contributed by atoms with E-state index in [-0.39, 0.29) is 23.6 Å². The maximum Gasteiger partial charge on any atom is 0.408 e. The molecule has 0 heterocycles. The number of aromatic hydroxyl groups is 1. The van der Waals surface area contributed by atoms with Gasteiger partial charge in [0.1, 0.15) is 23.4 Å². The van der Waals surface area contributed by atoms with Crippen LogP contribution in [0.1, 0.15) is 58.7 Å². The van der Waals surface area contributed by atoms with Gasteiger partial charge in [0.25, 0.3) is 0 Å². The SMILES string of the molecule is C=CCN(C(=O)C(CS)NC(=O)OC(C)(C)C)C(C(=O)NC(C)(C)C)c1cccc(C)c1O. The standard InChI is InChI=1S/C24H37N3O5S/c1-9-13-27(21(30)17(14-33)25-22(31)32-24(6,7)8)18(20(29)26-23(3,4)5)16-12-10-11-15(2)19(16)28/h9-12,17-18,28,33H,1,13-14H2,2-8H3,(H,25,31)(H,26,29). The highest BCUT2D eigenvalue weighted by Gasteiger charge is 2.37. The number of carbonyl (C=O) groups is 3. The molecule has 0 aliphatic rings. The smallest absolute Gasteiger partial charge is 0.408 e. The van der Waals surface area contributed by atoms with Crippen LogP contribution in [0.3, 0.4) is 0 Å². The molecule has 0 bridgehead atoms. The highest BCUT2D eigenvalue weighted by atomic mass is 32.1. The Bertz CT molecular complexity index is 874. The number of para-hydroxylation sites is 1. The van der Waals surface area contributed by atoms with E-state index in [9.17, 15) is 19.5 Å². The first kappa shape index (κ1) is 28.4. The summed E-state index contributed by atoms with van der Waals surface area (Å²) in [5.74, 6) is -1.16. The van der Waals surface area contributed by atoms with Crippen molar-refractivity contribution >= 4 is 30.5 Å². The second kappa shape index (κ2) is 11.4. The zero-order valence-electron chi connectivity index (χ0n) is 20.6. The lowest BCUT2D eigenvalue weighted by Crippen LogP contribution is -2.55. The summed E-state index contributed by atoms with van der Waals surface area (Å²) in [4.78, 5) is 40.5. The third-order valence-corrected chi connectivity index (χ3v) is 4.77. The Morgan fingerprint density at radius 1 is 1.21 bits per heavy atom. The van der Waals surface area contributed by atoms with Crippen molar-refractivity contribution in [2.45, 2.75) is 71.7 Å². The van der Waals surface area contributed by atoms with E-state index < -0.39 is 41.1 Å². The minimum Gasteiger partial charge on any atom is -0.507 e. The molecule has 1 aromatic rings. The fraction of sp³-hybridized carbons (Fsp3) is 0.542. The molecule has 184 valence electrons. The van der Waals surface area contributed by atoms with Crippen LogP contribution in [0, 0.1) is 6.92 Å². The molecule has 2 atom stereocenters. The number of amides is 3. The number of nitrogens with one attached hydrogen (secondary N) is 2. The molecule has 0 aliphatic heterocycles. The first-order valence-corrected chi connectivity index (χ1v) is 11.4. The molecular weight excluding hydrogens is 442 g/mol. The number of rotatable bonds is 8. The van der Waals surface area contributed by atoms with E-state index in [4.69, 9.17) is 4.74 Å². The molecular formula is C24H37N3O5S. The molecule has 3 amide bonds. The number of thiol groups is 1. The minimum absolute atomic E-state index is 0.00524. The summed E-state index contributed by atoms with van der Waals surface area (Å²) in [7, 11) is 0. The minimum atomic E-state index is -1.17. The summed E-state index contributed by atoms with van der Waals surface area (Å²) < 4.78 is 5.26. The van der Waals surface area contributed by atoms with Crippen LogP contribution in [0.25, 0.3) is 0 Å². The van der Waals surface area contributed by atoms with Gasteiger partial charge in [-0.25, -0.2) is 4.79 Å². The lowest BCUT2D eigenvalue weighted by Gasteiger charge is -2.35. The molecule has 3 N–H and O–H groups in total. The second-order valence-corrected chi connectivity index (χ2v) is 10.2. The van der Waals surface area contributed by atoms with Crippen molar-refractivity contribution in [1.82, 2.24) is 15.5 Å². The van der Waals surface area contributed by atoms with Crippen LogP contribution in [-0.4, -0.2) is 57.4 Å². The van der Waals surface area contributed by atoms with E-state index >= 15 is 0 Å². The summed E-state index contributed by atoms with van der Waals surface area (Å²) in [6.07, 6.45) is 0.702. The van der Waals surface area contributed by atoms with Gasteiger partial charge in [-0.15, -0.1) is 6.58 Å². The van der Waals surface area contributed by atoms with Gasteiger partial charge < -0.3 is 25.4 Å². The van der Waals surface area contributed by atoms with E-state index in [1.165, 1.54) is 11.0 Å². The molecule has 0 saturated heterocycles. The lowest BCUT2D eigenvalue weighted by molar-refractivity contribution is -0.142. The fourth-order valence-corrected chi connectivity index (χ4v) is 3.34. The summed E-state index contributed by atoms with van der Waals surface area (Å²) >= 11 is 4.22. The van der Waals surface area contributed by atoms with Crippen molar-refractivity contribution in [1.29, 1.82) is 0 Å². The number of aryl methyl sites for hydroxylation is 1. The number of benzene rings is 1. The van der Waals surface area contributed by atoms with Crippen LogP contribution in [0.2, 0.25) is 0 Å². The number of hydrogen-bond acceptors (Lipinski definition) is 6. The van der Waals surface area contributed by atoms with E-state index in [0.29, 0.717) is 5.56 Å². The van der Waals surface area contributed by atoms with Crippen molar-refractivity contribution in [2.24, 2.45) is 0 Å². The summed E-state index contributed by atoms with van der Waals surface area (Å²) in [6, 6.07) is 2.76. The number of alkyl carbamates (subject to hydrolysis) is 1. The predicted octanol–water partition coefficient (Wildman–Crippen LogP) is 3.49. The van der Waals surface area contributed by atoms with Gasteiger partial charge in [0.15, 0.2) is 0 Å². The summed E-state index contributed by atoms with van der Waals surface area (Å²) in [5, 5.41) is 16.1. The average molecular weight is 480 g/mol. The Morgan fingerprint density at radius 2 is 1.82 bits per heavy atom. The Hall–Kier alpha value is -2.68. The van der Waals surface area contributed by atoms with Crippen molar-refractivity contribution in [3.63, 3.8) is 0 Å². The molecule has 0 radical (unpaired) electrons. The number of carbonyl (C=O) groups excluding carboxylic acids is 3. The highest BCUT2D eigenvalue weighted by molar-refractivity contribution is 7.80.